The maximum absolute atomic E-state index is 4.65. The normalized spacial score (nSPS) is 19.3. The number of aromatic nitrogens is 2. The third-order valence-corrected chi connectivity index (χ3v) is 5.11. The van der Waals surface area contributed by atoms with Crippen molar-refractivity contribution in [3.8, 4) is 0 Å². The third-order valence-electron chi connectivity index (χ3n) is 4.16. The average molecular weight is 316 g/mol. The maximum atomic E-state index is 4.65. The van der Waals surface area contributed by atoms with Gasteiger partial charge in [-0.3, -0.25) is 9.88 Å². The van der Waals surface area contributed by atoms with E-state index in [4.69, 9.17) is 0 Å². The van der Waals surface area contributed by atoms with Crippen molar-refractivity contribution >= 4 is 11.3 Å². The van der Waals surface area contributed by atoms with Crippen LogP contribution in [-0.2, 0) is 13.1 Å². The molecule has 0 aliphatic carbocycles. The van der Waals surface area contributed by atoms with E-state index in [1.807, 2.05) is 12.3 Å². The highest BCUT2D eigenvalue weighted by atomic mass is 32.1. The van der Waals surface area contributed by atoms with Gasteiger partial charge < -0.3 is 5.32 Å². The van der Waals surface area contributed by atoms with Crippen LogP contribution in [0.4, 0.5) is 0 Å². The Morgan fingerprint density at radius 2 is 2.23 bits per heavy atom. The molecule has 0 bridgehead atoms. The van der Waals surface area contributed by atoms with E-state index in [0.29, 0.717) is 6.04 Å². The molecule has 1 aliphatic heterocycles. The first kappa shape index (κ1) is 15.6. The van der Waals surface area contributed by atoms with Gasteiger partial charge in [0.2, 0.25) is 0 Å². The van der Waals surface area contributed by atoms with Crippen molar-refractivity contribution in [2.45, 2.75) is 45.3 Å². The van der Waals surface area contributed by atoms with E-state index in [-0.39, 0.29) is 0 Å². The second kappa shape index (κ2) is 7.81. The molecule has 0 radical (unpaired) electrons. The van der Waals surface area contributed by atoms with Crippen LogP contribution < -0.4 is 5.32 Å². The number of hydrogen-bond donors (Lipinski definition) is 1. The SMILES string of the molecule is Cc1csc(CN(Cc2ccccn2)[C@H]2CCCNCC2)n1. The largest absolute Gasteiger partial charge is 0.317 e. The molecule has 0 amide bonds. The number of hydrogen-bond acceptors (Lipinski definition) is 5. The molecule has 1 saturated heterocycles. The van der Waals surface area contributed by atoms with Gasteiger partial charge in [-0.25, -0.2) is 4.98 Å². The van der Waals surface area contributed by atoms with Crippen LogP contribution in [0.5, 0.6) is 0 Å². The topological polar surface area (TPSA) is 41.1 Å². The summed E-state index contributed by atoms with van der Waals surface area (Å²) in [5.74, 6) is 0. The zero-order chi connectivity index (χ0) is 15.2. The molecule has 22 heavy (non-hydrogen) atoms. The number of aryl methyl sites for hydroxylation is 1. The van der Waals surface area contributed by atoms with Gasteiger partial charge in [0.25, 0.3) is 0 Å². The van der Waals surface area contributed by atoms with Gasteiger partial charge in [0.15, 0.2) is 0 Å². The van der Waals surface area contributed by atoms with E-state index in [1.165, 1.54) is 24.3 Å². The molecular formula is C17H24N4S. The van der Waals surface area contributed by atoms with Crippen LogP contribution in [0.3, 0.4) is 0 Å². The van der Waals surface area contributed by atoms with E-state index >= 15 is 0 Å². The molecule has 4 nitrogen and oxygen atoms in total. The number of nitrogens with one attached hydrogen (secondary N) is 1. The Morgan fingerprint density at radius 3 is 3.00 bits per heavy atom. The summed E-state index contributed by atoms with van der Waals surface area (Å²) in [4.78, 5) is 11.7. The first-order chi connectivity index (χ1) is 10.8. The molecule has 1 aliphatic rings. The summed E-state index contributed by atoms with van der Waals surface area (Å²) in [7, 11) is 0. The molecule has 1 N–H and O–H groups in total. The first-order valence-electron chi connectivity index (χ1n) is 8.07. The van der Waals surface area contributed by atoms with Gasteiger partial charge in [-0.15, -0.1) is 11.3 Å². The van der Waals surface area contributed by atoms with Gasteiger partial charge in [-0.1, -0.05) is 6.07 Å². The molecule has 0 spiro atoms. The number of thiazole rings is 1. The van der Waals surface area contributed by atoms with Crippen LogP contribution in [0.25, 0.3) is 0 Å². The minimum Gasteiger partial charge on any atom is -0.317 e. The van der Waals surface area contributed by atoms with E-state index in [2.05, 4.69) is 44.6 Å². The summed E-state index contributed by atoms with van der Waals surface area (Å²) in [6.07, 6.45) is 5.59. The minimum atomic E-state index is 0.612. The van der Waals surface area contributed by atoms with Gasteiger partial charge in [0.05, 0.1) is 12.2 Å². The molecule has 2 aromatic rings. The predicted octanol–water partition coefficient (Wildman–Crippen LogP) is 2.99. The van der Waals surface area contributed by atoms with Gasteiger partial charge in [-0.2, -0.15) is 0 Å². The molecule has 0 aromatic carbocycles. The molecule has 1 fully saturated rings. The van der Waals surface area contributed by atoms with Crippen LogP contribution in [-0.4, -0.2) is 34.0 Å². The zero-order valence-corrected chi connectivity index (χ0v) is 14.0. The van der Waals surface area contributed by atoms with Crippen molar-refractivity contribution in [2.75, 3.05) is 13.1 Å². The molecular weight excluding hydrogens is 292 g/mol. The summed E-state index contributed by atoms with van der Waals surface area (Å²) in [5.41, 5.74) is 2.27. The molecule has 0 saturated carbocycles. The fourth-order valence-electron chi connectivity index (χ4n) is 3.03. The van der Waals surface area contributed by atoms with Crippen LogP contribution in [0.15, 0.2) is 29.8 Å². The fraction of sp³-hybridized carbons (Fsp3) is 0.529. The highest BCUT2D eigenvalue weighted by molar-refractivity contribution is 7.09. The smallest absolute Gasteiger partial charge is 0.107 e. The zero-order valence-electron chi connectivity index (χ0n) is 13.2. The third kappa shape index (κ3) is 4.35. The van der Waals surface area contributed by atoms with E-state index in [1.54, 1.807) is 11.3 Å². The Labute approximate surface area is 136 Å². The fourth-order valence-corrected chi connectivity index (χ4v) is 3.83. The summed E-state index contributed by atoms with van der Waals surface area (Å²) in [5, 5.41) is 6.86. The second-order valence-corrected chi connectivity index (χ2v) is 6.89. The number of nitrogens with zero attached hydrogens (tertiary/aromatic N) is 3. The van der Waals surface area contributed by atoms with Gasteiger partial charge in [-0.05, 0) is 51.4 Å². The van der Waals surface area contributed by atoms with E-state index in [0.717, 1.165) is 37.6 Å². The molecule has 118 valence electrons. The Balaban J connectivity index is 1.74. The monoisotopic (exact) mass is 316 g/mol. The maximum Gasteiger partial charge on any atom is 0.107 e. The molecule has 5 heteroatoms. The lowest BCUT2D eigenvalue weighted by molar-refractivity contribution is 0.162. The van der Waals surface area contributed by atoms with Crippen molar-refractivity contribution in [1.82, 2.24) is 20.2 Å². The summed E-state index contributed by atoms with van der Waals surface area (Å²) >= 11 is 1.77. The average Bonchev–Trinajstić information content (AvgIpc) is 2.78. The van der Waals surface area contributed by atoms with Crippen molar-refractivity contribution in [1.29, 1.82) is 0 Å². The van der Waals surface area contributed by atoms with Gasteiger partial charge in [0.1, 0.15) is 5.01 Å². The van der Waals surface area contributed by atoms with Gasteiger partial charge >= 0.3 is 0 Å². The Kier molecular flexibility index (Phi) is 5.53. The lowest BCUT2D eigenvalue weighted by Gasteiger charge is -2.30. The lowest BCUT2D eigenvalue weighted by atomic mass is 10.1. The molecule has 0 unspecified atom stereocenters. The minimum absolute atomic E-state index is 0.612. The Hall–Kier alpha value is -1.30. The second-order valence-electron chi connectivity index (χ2n) is 5.94. The van der Waals surface area contributed by atoms with Gasteiger partial charge in [0, 0.05) is 29.9 Å². The van der Waals surface area contributed by atoms with Crippen LogP contribution in [0.2, 0.25) is 0 Å². The van der Waals surface area contributed by atoms with Crippen molar-refractivity contribution in [2.24, 2.45) is 0 Å². The summed E-state index contributed by atoms with van der Waals surface area (Å²) < 4.78 is 0. The van der Waals surface area contributed by atoms with Crippen LogP contribution >= 0.6 is 11.3 Å². The quantitative estimate of drug-likeness (QED) is 0.921. The summed E-state index contributed by atoms with van der Waals surface area (Å²) in [6, 6.07) is 6.78. The standard InChI is InChI=1S/C17H24N4S/c1-14-13-22-17(20-14)12-21(11-15-5-2-3-9-19-15)16-6-4-8-18-10-7-16/h2-3,5,9,13,16,18H,4,6-8,10-12H2,1H3/t16-/m0/s1. The Bertz CT molecular complexity index is 561. The molecule has 3 heterocycles. The number of rotatable bonds is 5. The van der Waals surface area contributed by atoms with E-state index < -0.39 is 0 Å². The highest BCUT2D eigenvalue weighted by Crippen LogP contribution is 2.20. The predicted molar refractivity (Wildman–Crippen MR) is 90.8 cm³/mol. The lowest BCUT2D eigenvalue weighted by Crippen LogP contribution is -2.35. The molecule has 3 rings (SSSR count). The number of pyridine rings is 1. The molecule has 2 aromatic heterocycles. The molecule has 1 atom stereocenters. The highest BCUT2D eigenvalue weighted by Gasteiger charge is 2.21. The van der Waals surface area contributed by atoms with Crippen molar-refractivity contribution in [3.63, 3.8) is 0 Å². The Morgan fingerprint density at radius 1 is 1.27 bits per heavy atom. The van der Waals surface area contributed by atoms with E-state index in [9.17, 15) is 0 Å². The van der Waals surface area contributed by atoms with Crippen molar-refractivity contribution < 1.29 is 0 Å². The van der Waals surface area contributed by atoms with Crippen LogP contribution in [0.1, 0.15) is 35.7 Å². The first-order valence-corrected chi connectivity index (χ1v) is 8.95. The summed E-state index contributed by atoms with van der Waals surface area (Å²) in [6.45, 7) is 6.16. The van der Waals surface area contributed by atoms with Crippen LogP contribution in [0, 0.1) is 6.92 Å². The van der Waals surface area contributed by atoms with Crippen molar-refractivity contribution in [3.05, 3.63) is 46.2 Å².